The molecule has 3 nitrogen and oxygen atoms in total. The summed E-state index contributed by atoms with van der Waals surface area (Å²) in [5, 5.41) is 3.52. The van der Waals surface area contributed by atoms with E-state index in [-0.39, 0.29) is 5.69 Å². The number of hydrogen-bond donors (Lipinski definition) is 2. The Morgan fingerprint density at radius 1 is 1.10 bits per heavy atom. The lowest BCUT2D eigenvalue weighted by molar-refractivity contribution is 0.102. The number of hydrogen-bond acceptors (Lipinski definition) is 1. The Balaban J connectivity index is 1.94. The van der Waals surface area contributed by atoms with Crippen molar-refractivity contribution in [1.29, 1.82) is 0 Å². The Hall–Kier alpha value is -2.40. The normalized spacial score (nSPS) is 10.8. The second-order valence-electron chi connectivity index (χ2n) is 4.47. The van der Waals surface area contributed by atoms with Crippen molar-refractivity contribution in [2.75, 3.05) is 5.32 Å². The van der Waals surface area contributed by atoms with E-state index in [0.717, 1.165) is 17.5 Å². The molecule has 0 saturated carbocycles. The maximum Gasteiger partial charge on any atom is 0.272 e. The molecule has 1 aromatic heterocycles. The lowest BCUT2D eigenvalue weighted by Crippen LogP contribution is -2.14. The van der Waals surface area contributed by atoms with Gasteiger partial charge in [-0.3, -0.25) is 4.79 Å². The zero-order valence-corrected chi connectivity index (χ0v) is 11.3. The number of H-pyrrole nitrogens is 1. The number of amides is 1. The van der Waals surface area contributed by atoms with E-state index in [1.807, 2.05) is 0 Å². The van der Waals surface area contributed by atoms with Crippen molar-refractivity contribution in [2.45, 2.75) is 0 Å². The van der Waals surface area contributed by atoms with Gasteiger partial charge in [0, 0.05) is 15.9 Å². The lowest BCUT2D eigenvalue weighted by Gasteiger charge is -2.05. The number of rotatable bonds is 2. The van der Waals surface area contributed by atoms with Gasteiger partial charge in [0.2, 0.25) is 0 Å². The smallest absolute Gasteiger partial charge is 0.272 e. The zero-order chi connectivity index (χ0) is 15.0. The van der Waals surface area contributed by atoms with Crippen LogP contribution in [0.5, 0.6) is 0 Å². The molecule has 0 spiro atoms. The van der Waals surface area contributed by atoms with Crippen LogP contribution in [0, 0.1) is 11.6 Å². The van der Waals surface area contributed by atoms with Crippen molar-refractivity contribution in [3.63, 3.8) is 0 Å². The van der Waals surface area contributed by atoms with Crippen molar-refractivity contribution in [3.05, 3.63) is 64.8 Å². The number of benzene rings is 2. The van der Waals surface area contributed by atoms with E-state index >= 15 is 0 Å². The first-order valence-corrected chi connectivity index (χ1v) is 6.46. The number of halogens is 3. The minimum atomic E-state index is -0.831. The Morgan fingerprint density at radius 3 is 2.52 bits per heavy atom. The molecule has 0 aliphatic carbocycles. The highest BCUT2D eigenvalue weighted by molar-refractivity contribution is 6.31. The average Bonchev–Trinajstić information content (AvgIpc) is 2.86. The molecule has 3 aromatic rings. The fourth-order valence-electron chi connectivity index (χ4n) is 2.02. The molecule has 0 fully saturated rings. The van der Waals surface area contributed by atoms with Crippen LogP contribution in [0.3, 0.4) is 0 Å². The highest BCUT2D eigenvalue weighted by Gasteiger charge is 2.15. The fourth-order valence-corrected chi connectivity index (χ4v) is 2.19. The third kappa shape index (κ3) is 2.60. The molecule has 3 rings (SSSR count). The molecule has 0 radical (unpaired) electrons. The number of para-hydroxylation sites is 1. The van der Waals surface area contributed by atoms with Gasteiger partial charge in [-0.05, 0) is 30.3 Å². The molecule has 0 saturated heterocycles. The summed E-state index contributed by atoms with van der Waals surface area (Å²) in [6.45, 7) is 0. The van der Waals surface area contributed by atoms with Crippen LogP contribution in [0.1, 0.15) is 10.5 Å². The van der Waals surface area contributed by atoms with E-state index in [0.29, 0.717) is 10.5 Å². The van der Waals surface area contributed by atoms with Crippen LogP contribution in [0.4, 0.5) is 14.5 Å². The topological polar surface area (TPSA) is 44.9 Å². The SMILES string of the molecule is O=C(Nc1c(F)cccc1F)c1cc2ccc(Cl)cc2[nH]1. The molecule has 0 unspecified atom stereocenters. The van der Waals surface area contributed by atoms with E-state index in [9.17, 15) is 13.6 Å². The van der Waals surface area contributed by atoms with Crippen molar-refractivity contribution < 1.29 is 13.6 Å². The Kier molecular flexibility index (Phi) is 3.35. The number of anilines is 1. The monoisotopic (exact) mass is 306 g/mol. The van der Waals surface area contributed by atoms with Gasteiger partial charge in [-0.15, -0.1) is 0 Å². The average molecular weight is 307 g/mol. The van der Waals surface area contributed by atoms with Gasteiger partial charge < -0.3 is 10.3 Å². The number of fused-ring (bicyclic) bond motifs is 1. The van der Waals surface area contributed by atoms with Gasteiger partial charge in [-0.1, -0.05) is 23.7 Å². The number of carbonyl (C=O) groups is 1. The van der Waals surface area contributed by atoms with Gasteiger partial charge in [-0.25, -0.2) is 8.78 Å². The van der Waals surface area contributed by atoms with Gasteiger partial charge in [0.25, 0.3) is 5.91 Å². The minimum absolute atomic E-state index is 0.190. The predicted molar refractivity (Wildman–Crippen MR) is 77.6 cm³/mol. The summed E-state index contributed by atoms with van der Waals surface area (Å²) < 4.78 is 27.0. The Labute approximate surface area is 123 Å². The van der Waals surface area contributed by atoms with Gasteiger partial charge in [-0.2, -0.15) is 0 Å². The second-order valence-corrected chi connectivity index (χ2v) is 4.90. The molecule has 2 N–H and O–H groups in total. The molecule has 2 aromatic carbocycles. The van der Waals surface area contributed by atoms with Crippen LogP contribution < -0.4 is 5.32 Å². The van der Waals surface area contributed by atoms with E-state index in [1.54, 1.807) is 24.3 Å². The van der Waals surface area contributed by atoms with E-state index in [4.69, 9.17) is 11.6 Å². The summed E-state index contributed by atoms with van der Waals surface area (Å²) in [7, 11) is 0. The van der Waals surface area contributed by atoms with Gasteiger partial charge in [0.05, 0.1) is 0 Å². The first kappa shape index (κ1) is 13.6. The van der Waals surface area contributed by atoms with Crippen LogP contribution in [0.15, 0.2) is 42.5 Å². The number of nitrogens with one attached hydrogen (secondary N) is 2. The molecule has 21 heavy (non-hydrogen) atoms. The third-order valence-corrected chi connectivity index (χ3v) is 3.27. The number of aromatic amines is 1. The molecule has 6 heteroatoms. The molecule has 0 atom stereocenters. The quantitative estimate of drug-likeness (QED) is 0.726. The maximum atomic E-state index is 13.5. The van der Waals surface area contributed by atoms with Crippen molar-refractivity contribution in [2.24, 2.45) is 0 Å². The largest absolute Gasteiger partial charge is 0.350 e. The van der Waals surface area contributed by atoms with Crippen LogP contribution >= 0.6 is 11.6 Å². The third-order valence-electron chi connectivity index (χ3n) is 3.03. The molecule has 1 amide bonds. The van der Waals surface area contributed by atoms with Crippen LogP contribution in [0.25, 0.3) is 10.9 Å². The van der Waals surface area contributed by atoms with Gasteiger partial charge in [0.15, 0.2) is 0 Å². The molecule has 1 heterocycles. The minimum Gasteiger partial charge on any atom is -0.350 e. The molecule has 0 aliphatic heterocycles. The Bertz CT molecular complexity index is 825. The number of aromatic nitrogens is 1. The first-order valence-electron chi connectivity index (χ1n) is 6.08. The molecular formula is C15H9ClF2N2O. The fraction of sp³-hybridized carbons (Fsp3) is 0. The summed E-state index contributed by atoms with van der Waals surface area (Å²) in [5.74, 6) is -2.30. The van der Waals surface area contributed by atoms with Crippen LogP contribution in [-0.2, 0) is 0 Å². The second kappa shape index (κ2) is 5.18. The molecule has 106 valence electrons. The van der Waals surface area contributed by atoms with Gasteiger partial charge in [0.1, 0.15) is 23.0 Å². The molecular weight excluding hydrogens is 298 g/mol. The number of carbonyl (C=O) groups excluding carboxylic acids is 1. The standard InChI is InChI=1S/C15H9ClF2N2O/c16-9-5-4-8-6-13(19-12(8)7-9)15(21)20-14-10(17)2-1-3-11(14)18/h1-7,19H,(H,20,21). The summed E-state index contributed by atoms with van der Waals surface area (Å²) in [6.07, 6.45) is 0. The predicted octanol–water partition coefficient (Wildman–Crippen LogP) is 4.35. The maximum absolute atomic E-state index is 13.5. The van der Waals surface area contributed by atoms with Crippen molar-refractivity contribution in [1.82, 2.24) is 4.98 Å². The van der Waals surface area contributed by atoms with Crippen molar-refractivity contribution in [3.8, 4) is 0 Å². The summed E-state index contributed by atoms with van der Waals surface area (Å²) in [4.78, 5) is 14.9. The van der Waals surface area contributed by atoms with E-state index in [1.165, 1.54) is 6.07 Å². The van der Waals surface area contributed by atoms with Crippen molar-refractivity contribution >= 4 is 34.1 Å². The van der Waals surface area contributed by atoms with E-state index < -0.39 is 23.2 Å². The molecule has 0 aliphatic rings. The highest BCUT2D eigenvalue weighted by atomic mass is 35.5. The van der Waals surface area contributed by atoms with E-state index in [2.05, 4.69) is 10.3 Å². The summed E-state index contributed by atoms with van der Waals surface area (Å²) in [6, 6.07) is 10.1. The van der Waals surface area contributed by atoms with Crippen LogP contribution in [0.2, 0.25) is 5.02 Å². The first-order chi connectivity index (χ1) is 10.0. The summed E-state index contributed by atoms with van der Waals surface area (Å²) in [5.41, 5.74) is 0.385. The van der Waals surface area contributed by atoms with Gasteiger partial charge >= 0.3 is 0 Å². The zero-order valence-electron chi connectivity index (χ0n) is 10.6. The summed E-state index contributed by atoms with van der Waals surface area (Å²) >= 11 is 5.86. The Morgan fingerprint density at radius 2 is 1.81 bits per heavy atom. The highest BCUT2D eigenvalue weighted by Crippen LogP contribution is 2.22. The lowest BCUT2D eigenvalue weighted by atomic mass is 10.2. The molecule has 0 bridgehead atoms. The van der Waals surface area contributed by atoms with Crippen LogP contribution in [-0.4, -0.2) is 10.9 Å².